The van der Waals surface area contributed by atoms with Crippen molar-refractivity contribution in [3.05, 3.63) is 30.1 Å². The molecule has 0 spiro atoms. The van der Waals surface area contributed by atoms with Crippen molar-refractivity contribution in [2.45, 2.75) is 51.7 Å². The fourth-order valence-electron chi connectivity index (χ4n) is 1.89. The first-order chi connectivity index (χ1) is 8.59. The van der Waals surface area contributed by atoms with E-state index in [0.717, 1.165) is 25.8 Å². The number of pyridine rings is 1. The summed E-state index contributed by atoms with van der Waals surface area (Å²) in [5.41, 5.74) is 1.25. The predicted octanol–water partition coefficient (Wildman–Crippen LogP) is 3.33. The van der Waals surface area contributed by atoms with Crippen molar-refractivity contribution in [3.63, 3.8) is 0 Å². The Morgan fingerprint density at radius 2 is 2.00 bits per heavy atom. The molecule has 0 saturated carbocycles. The fraction of sp³-hybridized carbons (Fsp3) is 0.667. The number of ether oxygens (including phenoxy) is 1. The molecule has 0 aromatic carbocycles. The van der Waals surface area contributed by atoms with Crippen molar-refractivity contribution < 1.29 is 4.74 Å². The third-order valence-electron chi connectivity index (χ3n) is 3.34. The summed E-state index contributed by atoms with van der Waals surface area (Å²) in [4.78, 5) is 4.08. The zero-order valence-electron chi connectivity index (χ0n) is 12.1. The summed E-state index contributed by atoms with van der Waals surface area (Å²) in [7, 11) is 1.78. The second-order valence-corrected chi connectivity index (χ2v) is 5.29. The Morgan fingerprint density at radius 3 is 2.56 bits per heavy atom. The Bertz CT molecular complexity index is 325. The lowest BCUT2D eigenvalue weighted by molar-refractivity contribution is 0.0117. The van der Waals surface area contributed by atoms with E-state index in [2.05, 4.69) is 43.2 Å². The van der Waals surface area contributed by atoms with Crippen LogP contribution in [0.3, 0.4) is 0 Å². The van der Waals surface area contributed by atoms with E-state index in [9.17, 15) is 0 Å². The van der Waals surface area contributed by atoms with Gasteiger partial charge in [0.2, 0.25) is 0 Å². The standard InChI is InChI=1S/C15H26N2O/c1-5-10-17-14(6-9-15(2,3)18-4)13-7-11-16-12-8-13/h7-8,11-12,14,17H,5-6,9-10H2,1-4H3. The second kappa shape index (κ2) is 7.49. The molecule has 0 fully saturated rings. The number of nitrogens with one attached hydrogen (secondary N) is 1. The number of hydrogen-bond donors (Lipinski definition) is 1. The maximum Gasteiger partial charge on any atom is 0.0623 e. The van der Waals surface area contributed by atoms with Gasteiger partial charge in [-0.3, -0.25) is 4.98 Å². The van der Waals surface area contributed by atoms with Crippen molar-refractivity contribution in [1.82, 2.24) is 10.3 Å². The first-order valence-electron chi connectivity index (χ1n) is 6.77. The average molecular weight is 250 g/mol. The lowest BCUT2D eigenvalue weighted by atomic mass is 9.95. The highest BCUT2D eigenvalue weighted by Gasteiger charge is 2.19. The molecular weight excluding hydrogens is 224 g/mol. The van der Waals surface area contributed by atoms with Gasteiger partial charge in [-0.1, -0.05) is 6.92 Å². The van der Waals surface area contributed by atoms with Crippen molar-refractivity contribution in [2.24, 2.45) is 0 Å². The monoisotopic (exact) mass is 250 g/mol. The first-order valence-corrected chi connectivity index (χ1v) is 6.77. The third-order valence-corrected chi connectivity index (χ3v) is 3.34. The molecule has 0 aliphatic heterocycles. The highest BCUT2D eigenvalue weighted by molar-refractivity contribution is 5.15. The van der Waals surface area contributed by atoms with Crippen molar-refractivity contribution >= 4 is 0 Å². The zero-order chi connectivity index (χ0) is 13.4. The van der Waals surface area contributed by atoms with Crippen LogP contribution in [0.4, 0.5) is 0 Å². The maximum atomic E-state index is 5.49. The summed E-state index contributed by atoms with van der Waals surface area (Å²) in [6.07, 6.45) is 6.97. The molecule has 1 atom stereocenters. The molecule has 1 unspecified atom stereocenters. The van der Waals surface area contributed by atoms with E-state index in [4.69, 9.17) is 4.74 Å². The molecule has 0 saturated heterocycles. The smallest absolute Gasteiger partial charge is 0.0623 e. The van der Waals surface area contributed by atoms with E-state index in [1.165, 1.54) is 5.56 Å². The van der Waals surface area contributed by atoms with E-state index < -0.39 is 0 Å². The fourth-order valence-corrected chi connectivity index (χ4v) is 1.89. The normalized spacial score (nSPS) is 13.6. The van der Waals surface area contributed by atoms with Crippen LogP contribution in [0.5, 0.6) is 0 Å². The molecule has 3 heteroatoms. The molecule has 0 bridgehead atoms. The Morgan fingerprint density at radius 1 is 1.33 bits per heavy atom. The lowest BCUT2D eigenvalue weighted by Crippen LogP contribution is -2.27. The van der Waals surface area contributed by atoms with Gasteiger partial charge >= 0.3 is 0 Å². The molecule has 1 heterocycles. The van der Waals surface area contributed by atoms with Crippen molar-refractivity contribution in [2.75, 3.05) is 13.7 Å². The number of nitrogens with zero attached hydrogens (tertiary/aromatic N) is 1. The molecule has 102 valence electrons. The average Bonchev–Trinajstić information content (AvgIpc) is 2.40. The summed E-state index contributed by atoms with van der Waals surface area (Å²) in [6, 6.07) is 4.57. The van der Waals surface area contributed by atoms with E-state index in [0.29, 0.717) is 6.04 Å². The van der Waals surface area contributed by atoms with Crippen molar-refractivity contribution in [3.8, 4) is 0 Å². The molecule has 0 aliphatic carbocycles. The molecule has 0 aliphatic rings. The quantitative estimate of drug-likeness (QED) is 0.768. The Labute approximate surface area is 111 Å². The van der Waals surface area contributed by atoms with Crippen LogP contribution < -0.4 is 5.32 Å². The van der Waals surface area contributed by atoms with Gasteiger partial charge in [0.1, 0.15) is 0 Å². The van der Waals surface area contributed by atoms with Gasteiger partial charge in [-0.2, -0.15) is 0 Å². The van der Waals surface area contributed by atoms with Crippen LogP contribution in [0.2, 0.25) is 0 Å². The van der Waals surface area contributed by atoms with Crippen LogP contribution in [0, 0.1) is 0 Å². The number of aromatic nitrogens is 1. The number of hydrogen-bond acceptors (Lipinski definition) is 3. The van der Waals surface area contributed by atoms with Gasteiger partial charge < -0.3 is 10.1 Å². The molecule has 1 aromatic heterocycles. The molecule has 0 amide bonds. The van der Waals surface area contributed by atoms with Crippen LogP contribution in [-0.4, -0.2) is 24.2 Å². The van der Waals surface area contributed by atoms with E-state index in [1.807, 2.05) is 12.4 Å². The minimum atomic E-state index is -0.0564. The minimum absolute atomic E-state index is 0.0564. The minimum Gasteiger partial charge on any atom is -0.379 e. The largest absolute Gasteiger partial charge is 0.379 e. The van der Waals surface area contributed by atoms with Crippen LogP contribution in [-0.2, 0) is 4.74 Å². The van der Waals surface area contributed by atoms with Crippen LogP contribution in [0.25, 0.3) is 0 Å². The number of methoxy groups -OCH3 is 1. The molecular formula is C15H26N2O. The SMILES string of the molecule is CCCNC(CCC(C)(C)OC)c1ccncc1. The molecule has 1 rings (SSSR count). The van der Waals surface area contributed by atoms with Gasteiger partial charge in [-0.25, -0.2) is 0 Å². The Kier molecular flexibility index (Phi) is 6.30. The van der Waals surface area contributed by atoms with E-state index in [-0.39, 0.29) is 5.60 Å². The highest BCUT2D eigenvalue weighted by Crippen LogP contribution is 2.24. The summed E-state index contributed by atoms with van der Waals surface area (Å²) in [5, 5.41) is 3.60. The maximum absolute atomic E-state index is 5.49. The van der Waals surface area contributed by atoms with Gasteiger partial charge in [0.05, 0.1) is 5.60 Å². The molecule has 18 heavy (non-hydrogen) atoms. The van der Waals surface area contributed by atoms with Crippen LogP contribution in [0.15, 0.2) is 24.5 Å². The Hall–Kier alpha value is -0.930. The summed E-state index contributed by atoms with van der Waals surface area (Å²) >= 11 is 0. The third kappa shape index (κ3) is 5.15. The van der Waals surface area contributed by atoms with E-state index >= 15 is 0 Å². The van der Waals surface area contributed by atoms with Gasteiger partial charge in [0.15, 0.2) is 0 Å². The van der Waals surface area contributed by atoms with Gasteiger partial charge in [-0.05, 0) is 57.4 Å². The number of rotatable bonds is 8. The summed E-state index contributed by atoms with van der Waals surface area (Å²) < 4.78 is 5.49. The van der Waals surface area contributed by atoms with Gasteiger partial charge in [0, 0.05) is 25.5 Å². The lowest BCUT2D eigenvalue weighted by Gasteiger charge is -2.26. The second-order valence-electron chi connectivity index (χ2n) is 5.29. The van der Waals surface area contributed by atoms with Crippen LogP contribution in [0.1, 0.15) is 51.6 Å². The molecule has 0 radical (unpaired) electrons. The zero-order valence-corrected chi connectivity index (χ0v) is 12.1. The molecule has 1 N–H and O–H groups in total. The van der Waals surface area contributed by atoms with Gasteiger partial charge in [-0.15, -0.1) is 0 Å². The Balaban J connectivity index is 2.62. The van der Waals surface area contributed by atoms with Gasteiger partial charge in [0.25, 0.3) is 0 Å². The molecule has 1 aromatic rings. The summed E-state index contributed by atoms with van der Waals surface area (Å²) in [5.74, 6) is 0. The van der Waals surface area contributed by atoms with Crippen molar-refractivity contribution in [1.29, 1.82) is 0 Å². The highest BCUT2D eigenvalue weighted by atomic mass is 16.5. The van der Waals surface area contributed by atoms with Crippen LogP contribution >= 0.6 is 0 Å². The summed E-state index contributed by atoms with van der Waals surface area (Å²) in [6.45, 7) is 7.50. The first kappa shape index (κ1) is 15.1. The van der Waals surface area contributed by atoms with E-state index in [1.54, 1.807) is 7.11 Å². The topological polar surface area (TPSA) is 34.1 Å². The predicted molar refractivity (Wildman–Crippen MR) is 75.6 cm³/mol. The molecule has 3 nitrogen and oxygen atoms in total.